The van der Waals surface area contributed by atoms with Gasteiger partial charge in [0.1, 0.15) is 0 Å². The number of methoxy groups -OCH3 is 1. The number of nitrogens with zero attached hydrogens (tertiary/aromatic N) is 2. The fourth-order valence-electron chi connectivity index (χ4n) is 0.849. The molecular formula is C7H9ClN2O3. The van der Waals surface area contributed by atoms with E-state index in [0.29, 0.717) is 6.54 Å². The van der Waals surface area contributed by atoms with Crippen LogP contribution >= 0.6 is 11.6 Å². The minimum absolute atomic E-state index is 0.0569. The van der Waals surface area contributed by atoms with Crippen molar-refractivity contribution < 1.29 is 14.6 Å². The Balaban J connectivity index is 2.89. The van der Waals surface area contributed by atoms with E-state index in [1.54, 1.807) is 0 Å². The summed E-state index contributed by atoms with van der Waals surface area (Å²) >= 11 is 5.69. The van der Waals surface area contributed by atoms with Crippen LogP contribution in [0, 0.1) is 0 Å². The van der Waals surface area contributed by atoms with E-state index in [2.05, 4.69) is 9.84 Å². The number of rotatable bonds is 3. The van der Waals surface area contributed by atoms with Crippen LogP contribution in [0.2, 0.25) is 5.02 Å². The van der Waals surface area contributed by atoms with E-state index in [-0.39, 0.29) is 17.3 Å². The zero-order valence-electron chi connectivity index (χ0n) is 7.03. The highest BCUT2D eigenvalue weighted by molar-refractivity contribution is 6.33. The van der Waals surface area contributed by atoms with E-state index in [1.807, 2.05) is 0 Å². The second-order valence-corrected chi connectivity index (χ2v) is 2.71. The third-order valence-electron chi connectivity index (χ3n) is 1.42. The molecule has 0 aromatic carbocycles. The Bertz CT molecular complexity index is 311. The van der Waals surface area contributed by atoms with Gasteiger partial charge in [-0.1, -0.05) is 11.6 Å². The molecule has 0 fully saturated rings. The number of aromatic nitrogens is 2. The van der Waals surface area contributed by atoms with E-state index in [0.717, 1.165) is 0 Å². The molecule has 0 radical (unpaired) electrons. The second kappa shape index (κ2) is 4.25. The summed E-state index contributed by atoms with van der Waals surface area (Å²) in [6.45, 7) is 0.245. The van der Waals surface area contributed by atoms with E-state index < -0.39 is 5.97 Å². The molecule has 1 heterocycles. The fourth-order valence-corrected chi connectivity index (χ4v) is 1.08. The summed E-state index contributed by atoms with van der Waals surface area (Å²) in [5.74, 6) is -0.582. The molecule has 0 aliphatic rings. The highest BCUT2D eigenvalue weighted by Crippen LogP contribution is 2.14. The van der Waals surface area contributed by atoms with Crippen molar-refractivity contribution in [1.29, 1.82) is 0 Å². The first-order chi connectivity index (χ1) is 6.19. The Labute approximate surface area is 79.9 Å². The zero-order valence-corrected chi connectivity index (χ0v) is 7.78. The maximum atomic E-state index is 11.0. The van der Waals surface area contributed by atoms with Gasteiger partial charge in [-0.15, -0.1) is 0 Å². The molecule has 5 nitrogen and oxygen atoms in total. The van der Waals surface area contributed by atoms with Gasteiger partial charge in [-0.25, -0.2) is 4.79 Å². The van der Waals surface area contributed by atoms with Crippen LogP contribution in [0.3, 0.4) is 0 Å². The molecule has 0 saturated heterocycles. The highest BCUT2D eigenvalue weighted by Gasteiger charge is 2.15. The van der Waals surface area contributed by atoms with Crippen molar-refractivity contribution in [3.8, 4) is 0 Å². The van der Waals surface area contributed by atoms with E-state index in [9.17, 15) is 4.79 Å². The van der Waals surface area contributed by atoms with E-state index >= 15 is 0 Å². The fraction of sp³-hybridized carbons (Fsp3) is 0.429. The maximum Gasteiger partial charge on any atom is 0.360 e. The lowest BCUT2D eigenvalue weighted by atomic mass is 10.4. The van der Waals surface area contributed by atoms with E-state index in [4.69, 9.17) is 16.7 Å². The van der Waals surface area contributed by atoms with Crippen LogP contribution in [0.4, 0.5) is 0 Å². The van der Waals surface area contributed by atoms with Crippen LogP contribution in [0.1, 0.15) is 10.5 Å². The molecule has 0 unspecified atom stereocenters. The molecule has 1 aromatic rings. The molecular weight excluding hydrogens is 196 g/mol. The molecule has 0 amide bonds. The number of carbonyl (C=O) groups is 1. The molecule has 0 bridgehead atoms. The first-order valence-corrected chi connectivity index (χ1v) is 3.99. The van der Waals surface area contributed by atoms with Crippen LogP contribution in [0.25, 0.3) is 0 Å². The van der Waals surface area contributed by atoms with Gasteiger partial charge < -0.3 is 9.84 Å². The predicted molar refractivity (Wildman–Crippen MR) is 45.7 cm³/mol. The van der Waals surface area contributed by atoms with Crippen LogP contribution in [0.5, 0.6) is 0 Å². The molecule has 72 valence electrons. The summed E-state index contributed by atoms with van der Waals surface area (Å²) < 4.78 is 5.83. The average Bonchev–Trinajstić information content (AvgIpc) is 2.46. The average molecular weight is 205 g/mol. The molecule has 13 heavy (non-hydrogen) atoms. The van der Waals surface area contributed by atoms with Crippen LogP contribution in [-0.4, -0.2) is 34.6 Å². The Kier molecular flexibility index (Phi) is 3.27. The molecule has 0 saturated carbocycles. The minimum atomic E-state index is -0.582. The summed E-state index contributed by atoms with van der Waals surface area (Å²) in [5.41, 5.74) is 0.0672. The molecule has 1 rings (SSSR count). The van der Waals surface area contributed by atoms with Gasteiger partial charge in [0.25, 0.3) is 0 Å². The smallest absolute Gasteiger partial charge is 0.360 e. The van der Waals surface area contributed by atoms with Crippen molar-refractivity contribution >= 4 is 17.6 Å². The molecule has 1 N–H and O–H groups in total. The standard InChI is InChI=1S/C7H9ClN2O3/c1-13-7(12)6-5(8)4-10(9-6)2-3-11/h4,11H,2-3H2,1H3. The monoisotopic (exact) mass is 204 g/mol. The Morgan fingerprint density at radius 1 is 1.85 bits per heavy atom. The van der Waals surface area contributed by atoms with Crippen molar-refractivity contribution in [2.24, 2.45) is 0 Å². The van der Waals surface area contributed by atoms with Gasteiger partial charge in [-0.2, -0.15) is 5.10 Å². The zero-order chi connectivity index (χ0) is 9.84. The number of hydrogen-bond acceptors (Lipinski definition) is 4. The largest absolute Gasteiger partial charge is 0.464 e. The predicted octanol–water partition coefficient (Wildman–Crippen LogP) is 0.315. The molecule has 0 spiro atoms. The minimum Gasteiger partial charge on any atom is -0.464 e. The number of ether oxygens (including phenoxy) is 1. The van der Waals surface area contributed by atoms with Crippen LogP contribution in [-0.2, 0) is 11.3 Å². The lowest BCUT2D eigenvalue weighted by Gasteiger charge is -1.95. The van der Waals surface area contributed by atoms with Crippen molar-refractivity contribution in [1.82, 2.24) is 9.78 Å². The number of halogens is 1. The van der Waals surface area contributed by atoms with Gasteiger partial charge in [0.2, 0.25) is 0 Å². The number of esters is 1. The third kappa shape index (κ3) is 2.19. The topological polar surface area (TPSA) is 64.3 Å². The summed E-state index contributed by atoms with van der Waals surface area (Å²) in [4.78, 5) is 11.0. The normalized spacial score (nSPS) is 10.1. The van der Waals surface area contributed by atoms with Gasteiger partial charge in [-0.05, 0) is 0 Å². The van der Waals surface area contributed by atoms with Crippen LogP contribution < -0.4 is 0 Å². The van der Waals surface area contributed by atoms with Crippen LogP contribution in [0.15, 0.2) is 6.20 Å². The lowest BCUT2D eigenvalue weighted by Crippen LogP contribution is -2.07. The first-order valence-electron chi connectivity index (χ1n) is 3.61. The van der Waals surface area contributed by atoms with Crippen molar-refractivity contribution in [2.45, 2.75) is 6.54 Å². The quantitative estimate of drug-likeness (QED) is 0.720. The SMILES string of the molecule is COC(=O)c1nn(CCO)cc1Cl. The summed E-state index contributed by atoms with van der Waals surface area (Å²) in [6.07, 6.45) is 1.46. The molecule has 0 aliphatic carbocycles. The lowest BCUT2D eigenvalue weighted by molar-refractivity contribution is 0.0593. The molecule has 6 heteroatoms. The van der Waals surface area contributed by atoms with Gasteiger partial charge in [-0.3, -0.25) is 4.68 Å². The molecule has 0 aliphatic heterocycles. The first kappa shape index (κ1) is 10.0. The summed E-state index contributed by atoms with van der Waals surface area (Å²) in [5, 5.41) is 12.6. The van der Waals surface area contributed by atoms with Crippen molar-refractivity contribution in [3.05, 3.63) is 16.9 Å². The van der Waals surface area contributed by atoms with Gasteiger partial charge in [0.05, 0.1) is 25.3 Å². The molecule has 0 atom stereocenters. The molecule has 1 aromatic heterocycles. The number of aliphatic hydroxyl groups is 1. The Morgan fingerprint density at radius 3 is 3.08 bits per heavy atom. The summed E-state index contributed by atoms with van der Waals surface area (Å²) in [7, 11) is 1.25. The maximum absolute atomic E-state index is 11.0. The second-order valence-electron chi connectivity index (χ2n) is 2.30. The number of carbonyl (C=O) groups excluding carboxylic acids is 1. The van der Waals surface area contributed by atoms with Gasteiger partial charge >= 0.3 is 5.97 Å². The van der Waals surface area contributed by atoms with Crippen molar-refractivity contribution in [2.75, 3.05) is 13.7 Å². The van der Waals surface area contributed by atoms with Gasteiger partial charge in [0, 0.05) is 6.20 Å². The van der Waals surface area contributed by atoms with E-state index in [1.165, 1.54) is 18.0 Å². The highest BCUT2D eigenvalue weighted by atomic mass is 35.5. The number of hydrogen-bond donors (Lipinski definition) is 1. The third-order valence-corrected chi connectivity index (χ3v) is 1.70. The van der Waals surface area contributed by atoms with Crippen molar-refractivity contribution in [3.63, 3.8) is 0 Å². The Morgan fingerprint density at radius 2 is 2.54 bits per heavy atom. The van der Waals surface area contributed by atoms with Gasteiger partial charge in [0.15, 0.2) is 5.69 Å². The number of aliphatic hydroxyl groups excluding tert-OH is 1. The Hall–Kier alpha value is -1.07. The summed E-state index contributed by atoms with van der Waals surface area (Å²) in [6, 6.07) is 0.